The molecule has 1 fully saturated rings. The highest BCUT2D eigenvalue weighted by Gasteiger charge is 2.54. The second-order valence-corrected chi connectivity index (χ2v) is 18.3. The van der Waals surface area contributed by atoms with Crippen molar-refractivity contribution in [2.24, 2.45) is 5.92 Å². The molecule has 0 aromatic heterocycles. The smallest absolute Gasteiger partial charge is 0.0946 e. The number of hydrogen-bond acceptors (Lipinski definition) is 4. The molecule has 4 nitrogen and oxygen atoms in total. The van der Waals surface area contributed by atoms with Gasteiger partial charge in [-0.05, 0) is 120 Å². The van der Waals surface area contributed by atoms with Gasteiger partial charge in [0.05, 0.1) is 46.3 Å². The minimum Gasteiger partial charge on any atom is -0.363 e. The molecule has 1 saturated heterocycles. The first-order valence-electron chi connectivity index (χ1n) is 23.6. The highest BCUT2D eigenvalue weighted by molar-refractivity contribution is 5.96. The summed E-state index contributed by atoms with van der Waals surface area (Å²) in [5.41, 5.74) is 15.5. The van der Waals surface area contributed by atoms with Crippen LogP contribution in [0, 0.1) is 18.3 Å². The van der Waals surface area contributed by atoms with Crippen LogP contribution in [0.2, 0.25) is 0 Å². The fourth-order valence-electron chi connectivity index (χ4n) is 12.1. The Labute approximate surface area is 394 Å². The molecule has 1 spiro atoms. The van der Waals surface area contributed by atoms with Crippen molar-refractivity contribution < 1.29 is 4.74 Å². The summed E-state index contributed by atoms with van der Waals surface area (Å²) in [6.45, 7) is 4.27. The molecule has 5 atom stereocenters. The van der Waals surface area contributed by atoms with Crippen molar-refractivity contribution in [2.45, 2.75) is 49.5 Å². The monoisotopic (exact) mass is 865 g/mol. The van der Waals surface area contributed by atoms with Crippen molar-refractivity contribution in [2.75, 3.05) is 14.7 Å². The Morgan fingerprint density at radius 1 is 0.672 bits per heavy atom. The van der Waals surface area contributed by atoms with E-state index in [4.69, 9.17) is 11.2 Å². The van der Waals surface area contributed by atoms with Crippen molar-refractivity contribution in [3.05, 3.63) is 264 Å². The number of fused-ring (bicyclic) bond motifs is 12. The molecule has 324 valence electrons. The molecule has 5 unspecified atom stereocenters. The highest BCUT2D eigenvalue weighted by atomic mass is 16.5. The minimum atomic E-state index is -0.556. The molecule has 2 heterocycles. The van der Waals surface area contributed by atoms with E-state index in [9.17, 15) is 0 Å². The van der Waals surface area contributed by atoms with Gasteiger partial charge in [0.15, 0.2) is 0 Å². The summed E-state index contributed by atoms with van der Waals surface area (Å²) in [7, 11) is 0. The van der Waals surface area contributed by atoms with E-state index in [1.54, 1.807) is 0 Å². The van der Waals surface area contributed by atoms with Crippen LogP contribution in [0.5, 0.6) is 0 Å². The minimum absolute atomic E-state index is 0.0949. The lowest BCUT2D eigenvalue weighted by Crippen LogP contribution is -2.53. The van der Waals surface area contributed by atoms with E-state index in [1.165, 1.54) is 50.3 Å². The third-order valence-electron chi connectivity index (χ3n) is 14.8. The van der Waals surface area contributed by atoms with Gasteiger partial charge in [0, 0.05) is 35.1 Å². The lowest BCUT2D eigenvalue weighted by Gasteiger charge is -2.47. The normalized spacial score (nSPS) is 22.5. The van der Waals surface area contributed by atoms with Gasteiger partial charge < -0.3 is 19.4 Å². The molecule has 3 aliphatic carbocycles. The van der Waals surface area contributed by atoms with Crippen molar-refractivity contribution in [1.29, 1.82) is 0 Å². The number of anilines is 6. The quantitative estimate of drug-likeness (QED) is 0.0860. The fourth-order valence-corrected chi connectivity index (χ4v) is 12.1. The average Bonchev–Trinajstić information content (AvgIpc) is 3.84. The molecule has 7 aromatic carbocycles. The van der Waals surface area contributed by atoms with Crippen LogP contribution in [-0.4, -0.2) is 23.8 Å². The SMILES string of the molecule is C#C/C(=C\C=C/C)N(c1ccccc1)C1C=C2C(CC1N(c1ccccc1)c1ccc3c(c1)-c1ccccc1C31c3ccccc3N(c3ccccc3)c3ccccc31)OC1(C)C=CC=CC21. The third-order valence-corrected chi connectivity index (χ3v) is 14.8. The Morgan fingerprint density at radius 2 is 1.28 bits per heavy atom. The second-order valence-electron chi connectivity index (χ2n) is 18.3. The first-order chi connectivity index (χ1) is 33.0. The Morgan fingerprint density at radius 3 is 1.97 bits per heavy atom. The maximum Gasteiger partial charge on any atom is 0.0946 e. The van der Waals surface area contributed by atoms with Gasteiger partial charge in [-0.1, -0.05) is 170 Å². The number of para-hydroxylation sites is 5. The van der Waals surface area contributed by atoms with Gasteiger partial charge in [-0.2, -0.15) is 0 Å². The van der Waals surface area contributed by atoms with Crippen LogP contribution in [0.3, 0.4) is 0 Å². The molecule has 67 heavy (non-hydrogen) atoms. The number of nitrogens with zero attached hydrogens (tertiary/aromatic N) is 3. The lowest BCUT2D eigenvalue weighted by molar-refractivity contribution is -0.00857. The molecule has 7 aromatic rings. The van der Waals surface area contributed by atoms with Crippen LogP contribution in [0.4, 0.5) is 34.1 Å². The van der Waals surface area contributed by atoms with Gasteiger partial charge in [-0.3, -0.25) is 0 Å². The van der Waals surface area contributed by atoms with Crippen LogP contribution >= 0.6 is 0 Å². The summed E-state index contributed by atoms with van der Waals surface area (Å²) in [4.78, 5) is 7.40. The van der Waals surface area contributed by atoms with Gasteiger partial charge in [0.25, 0.3) is 0 Å². The van der Waals surface area contributed by atoms with E-state index in [0.717, 1.165) is 34.9 Å². The Bertz CT molecular complexity index is 3180. The molecular formula is C63H51N3O. The number of rotatable bonds is 8. The Kier molecular flexibility index (Phi) is 9.86. The van der Waals surface area contributed by atoms with Gasteiger partial charge >= 0.3 is 0 Å². The lowest BCUT2D eigenvalue weighted by atomic mass is 9.64. The summed E-state index contributed by atoms with van der Waals surface area (Å²) in [5, 5.41) is 0. The summed E-state index contributed by atoms with van der Waals surface area (Å²) >= 11 is 0. The molecule has 0 bridgehead atoms. The van der Waals surface area contributed by atoms with Crippen LogP contribution in [0.1, 0.15) is 42.5 Å². The fraction of sp³-hybridized carbons (Fsp3) is 0.143. The maximum absolute atomic E-state index is 7.18. The zero-order valence-electron chi connectivity index (χ0n) is 37.8. The average molecular weight is 866 g/mol. The third kappa shape index (κ3) is 6.26. The first kappa shape index (κ1) is 40.7. The summed E-state index contributed by atoms with van der Waals surface area (Å²) in [6, 6.07) is 66.4. The molecule has 0 N–H and O–H groups in total. The van der Waals surface area contributed by atoms with E-state index in [2.05, 4.69) is 246 Å². The zero-order chi connectivity index (χ0) is 45.1. The molecule has 5 aliphatic rings. The Balaban J connectivity index is 1.09. The van der Waals surface area contributed by atoms with Crippen molar-refractivity contribution in [1.82, 2.24) is 0 Å². The van der Waals surface area contributed by atoms with Crippen LogP contribution in [0.15, 0.2) is 242 Å². The number of allylic oxidation sites excluding steroid dienone is 6. The predicted octanol–water partition coefficient (Wildman–Crippen LogP) is 14.5. The van der Waals surface area contributed by atoms with E-state index in [1.807, 2.05) is 19.1 Å². The number of hydrogen-bond donors (Lipinski definition) is 0. The van der Waals surface area contributed by atoms with Crippen molar-refractivity contribution in [3.63, 3.8) is 0 Å². The van der Waals surface area contributed by atoms with E-state index in [-0.39, 0.29) is 24.1 Å². The van der Waals surface area contributed by atoms with E-state index >= 15 is 0 Å². The highest BCUT2D eigenvalue weighted by Crippen LogP contribution is 2.64. The summed E-state index contributed by atoms with van der Waals surface area (Å²) in [6.07, 6.45) is 24.7. The standard InChI is InChI=1S/C63H51N3O/c1-4-6-24-44(5-2)64(45-25-10-7-11-26-45)59-42-51-52-32-22-23-40-62(52,3)67-61(51)43-60(59)65(46-27-12-8-13-28-46)48-38-39-54-50(41-48)49-31-16-17-33-53(49)63(54)55-34-18-20-36-57(55)66(47-29-14-9-15-30-47)58-37-21-19-35-56(58)63/h2,4,6-42,52,59-61H,43H2,1,3H3/b6-4-,44-24+. The second kappa shape index (κ2) is 16.2. The van der Waals surface area contributed by atoms with Crippen molar-refractivity contribution >= 4 is 34.1 Å². The number of ether oxygens (including phenoxy) is 1. The van der Waals surface area contributed by atoms with Gasteiger partial charge in [0.2, 0.25) is 0 Å². The maximum atomic E-state index is 7.18. The molecule has 0 amide bonds. The predicted molar refractivity (Wildman–Crippen MR) is 277 cm³/mol. The molecule has 4 heteroatoms. The number of benzene rings is 7. The molecule has 2 aliphatic heterocycles. The first-order valence-corrected chi connectivity index (χ1v) is 23.6. The molecule has 0 saturated carbocycles. The van der Waals surface area contributed by atoms with Gasteiger partial charge in [-0.25, -0.2) is 0 Å². The van der Waals surface area contributed by atoms with Crippen LogP contribution < -0.4 is 14.7 Å². The molecule has 12 rings (SSSR count). The topological polar surface area (TPSA) is 19.0 Å². The Hall–Kier alpha value is -7.84. The zero-order valence-corrected chi connectivity index (χ0v) is 37.8. The van der Waals surface area contributed by atoms with E-state index in [0.29, 0.717) is 0 Å². The van der Waals surface area contributed by atoms with Crippen LogP contribution in [-0.2, 0) is 10.2 Å². The van der Waals surface area contributed by atoms with Crippen molar-refractivity contribution in [3.8, 4) is 23.5 Å². The summed E-state index contributed by atoms with van der Waals surface area (Å²) < 4.78 is 7.18. The molecular weight excluding hydrogens is 815 g/mol. The largest absolute Gasteiger partial charge is 0.363 e. The van der Waals surface area contributed by atoms with E-state index < -0.39 is 11.0 Å². The van der Waals surface area contributed by atoms with Gasteiger partial charge in [-0.15, -0.1) is 6.42 Å². The summed E-state index contributed by atoms with van der Waals surface area (Å²) in [5.74, 6) is 3.25. The van der Waals surface area contributed by atoms with Crippen LogP contribution in [0.25, 0.3) is 11.1 Å². The molecule has 0 radical (unpaired) electrons. The number of terminal acetylenes is 1. The van der Waals surface area contributed by atoms with Gasteiger partial charge in [0.1, 0.15) is 0 Å².